The molecule has 1 aliphatic heterocycles. The molecule has 0 atom stereocenters. The fraction of sp³-hybridized carbons (Fsp3) is 0.222. The van der Waals surface area contributed by atoms with E-state index in [-0.39, 0.29) is 5.91 Å². The average molecular weight is 608 g/mol. The third-order valence-corrected chi connectivity index (χ3v) is 6.96. The molecule has 0 saturated carbocycles. The van der Waals surface area contributed by atoms with Crippen LogP contribution < -0.4 is 14.4 Å². The summed E-state index contributed by atoms with van der Waals surface area (Å²) in [6, 6.07) is 17.3. The third-order valence-electron chi connectivity index (χ3n) is 5.42. The van der Waals surface area contributed by atoms with Crippen molar-refractivity contribution < 1.29 is 14.3 Å². The van der Waals surface area contributed by atoms with E-state index in [1.165, 1.54) is 0 Å². The first-order valence-corrected chi connectivity index (χ1v) is 12.9. The minimum Gasteiger partial charge on any atom is -0.490 e. The first kappa shape index (κ1) is 24.9. The number of carbonyl (C=O) groups excluding carboxylic acids is 1. The molecule has 0 aliphatic carbocycles. The van der Waals surface area contributed by atoms with Gasteiger partial charge in [-0.05, 0) is 83.5 Å². The van der Waals surface area contributed by atoms with Gasteiger partial charge < -0.3 is 14.4 Å². The molecule has 1 aliphatic rings. The first-order valence-electron chi connectivity index (χ1n) is 11.1. The zero-order chi connectivity index (χ0) is 24.2. The molecule has 3 aromatic rings. The molecule has 1 heterocycles. The number of fused-ring (bicyclic) bond motifs is 1. The van der Waals surface area contributed by atoms with Crippen LogP contribution in [0.25, 0.3) is 11.6 Å². The predicted octanol–water partition coefficient (Wildman–Crippen LogP) is 7.87. The molecule has 0 unspecified atom stereocenters. The summed E-state index contributed by atoms with van der Waals surface area (Å²) < 4.78 is 12.9. The number of anilines is 1. The van der Waals surface area contributed by atoms with Gasteiger partial charge in [0.15, 0.2) is 11.5 Å². The van der Waals surface area contributed by atoms with Crippen LogP contribution >= 0.6 is 45.8 Å². The quantitative estimate of drug-likeness (QED) is 0.193. The van der Waals surface area contributed by atoms with E-state index in [1.807, 2.05) is 60.4 Å². The molecule has 7 heteroatoms. The van der Waals surface area contributed by atoms with E-state index < -0.39 is 0 Å². The number of benzene rings is 3. The summed E-state index contributed by atoms with van der Waals surface area (Å²) in [6.07, 6.45) is 2.83. The number of halogens is 3. The van der Waals surface area contributed by atoms with E-state index in [2.05, 4.69) is 29.5 Å². The van der Waals surface area contributed by atoms with Crippen LogP contribution in [0.4, 0.5) is 5.69 Å². The van der Waals surface area contributed by atoms with Gasteiger partial charge >= 0.3 is 0 Å². The molecule has 0 spiro atoms. The third kappa shape index (κ3) is 5.21. The first-order chi connectivity index (χ1) is 16.4. The van der Waals surface area contributed by atoms with Crippen molar-refractivity contribution in [2.24, 2.45) is 0 Å². The molecule has 0 bridgehead atoms. The zero-order valence-electron chi connectivity index (χ0n) is 18.9. The van der Waals surface area contributed by atoms with Crippen LogP contribution in [0.3, 0.4) is 0 Å². The maximum atomic E-state index is 13.2. The maximum Gasteiger partial charge on any atom is 0.258 e. The van der Waals surface area contributed by atoms with Crippen LogP contribution in [-0.4, -0.2) is 19.1 Å². The lowest BCUT2D eigenvalue weighted by Gasteiger charge is -2.16. The fourth-order valence-electron chi connectivity index (χ4n) is 3.92. The molecule has 4 rings (SSSR count). The van der Waals surface area contributed by atoms with Crippen molar-refractivity contribution in [3.8, 4) is 11.5 Å². The lowest BCUT2D eigenvalue weighted by Crippen LogP contribution is -2.26. The van der Waals surface area contributed by atoms with E-state index in [0.717, 1.165) is 32.4 Å². The number of hydrogen-bond acceptors (Lipinski definition) is 3. The smallest absolute Gasteiger partial charge is 0.258 e. The highest BCUT2D eigenvalue weighted by molar-refractivity contribution is 14.1. The van der Waals surface area contributed by atoms with Crippen molar-refractivity contribution in [2.75, 3.05) is 18.1 Å². The van der Waals surface area contributed by atoms with E-state index >= 15 is 0 Å². The summed E-state index contributed by atoms with van der Waals surface area (Å²) in [7, 11) is 0. The second kappa shape index (κ2) is 11.0. The summed E-state index contributed by atoms with van der Waals surface area (Å²) in [5.41, 5.74) is 4.39. The van der Waals surface area contributed by atoms with Gasteiger partial charge in [0, 0.05) is 17.7 Å². The number of nitrogens with zero attached hydrogens (tertiary/aromatic N) is 1. The molecular weight excluding hydrogens is 584 g/mol. The Balaban J connectivity index is 1.67. The summed E-state index contributed by atoms with van der Waals surface area (Å²) in [6.45, 7) is 5.51. The Labute approximate surface area is 223 Å². The number of amides is 1. The van der Waals surface area contributed by atoms with Crippen LogP contribution in [0.15, 0.2) is 54.6 Å². The molecule has 0 N–H and O–H groups in total. The van der Waals surface area contributed by atoms with Crippen molar-refractivity contribution in [2.45, 2.75) is 26.9 Å². The number of para-hydroxylation sites is 1. The second-order valence-corrected chi connectivity index (χ2v) is 9.81. The Hall–Kier alpha value is -2.22. The van der Waals surface area contributed by atoms with E-state index in [9.17, 15) is 4.79 Å². The average Bonchev–Trinajstić information content (AvgIpc) is 3.07. The molecule has 34 heavy (non-hydrogen) atoms. The standard InChI is InChI=1S/C27H24Cl2INO3/c1-3-11-31-24-8-6-5-7-19(24)20(27(31)32)12-18-14-23(30)26(25(15-18)33-4-2)34-16-17-9-10-21(28)22(29)13-17/h5-10,12-15H,3-4,11,16H2,1-2H3/b20-12-. The van der Waals surface area contributed by atoms with Crippen molar-refractivity contribution in [1.29, 1.82) is 0 Å². The summed E-state index contributed by atoms with van der Waals surface area (Å²) in [4.78, 5) is 15.1. The Morgan fingerprint density at radius 2 is 1.79 bits per heavy atom. The topological polar surface area (TPSA) is 38.8 Å². The van der Waals surface area contributed by atoms with Gasteiger partial charge in [-0.15, -0.1) is 0 Å². The van der Waals surface area contributed by atoms with Crippen molar-refractivity contribution in [3.05, 3.63) is 84.9 Å². The summed E-state index contributed by atoms with van der Waals surface area (Å²) in [5.74, 6) is 1.31. The van der Waals surface area contributed by atoms with Crippen molar-refractivity contribution >= 4 is 69.0 Å². The summed E-state index contributed by atoms with van der Waals surface area (Å²) >= 11 is 14.4. The largest absolute Gasteiger partial charge is 0.490 e. The minimum atomic E-state index is 0.0240. The van der Waals surface area contributed by atoms with Gasteiger partial charge in [-0.3, -0.25) is 4.79 Å². The highest BCUT2D eigenvalue weighted by Crippen LogP contribution is 2.40. The van der Waals surface area contributed by atoms with E-state index in [0.29, 0.717) is 46.9 Å². The van der Waals surface area contributed by atoms with Gasteiger partial charge in [0.2, 0.25) is 0 Å². The fourth-order valence-corrected chi connectivity index (χ4v) is 5.02. The predicted molar refractivity (Wildman–Crippen MR) is 148 cm³/mol. The molecule has 0 fully saturated rings. The lowest BCUT2D eigenvalue weighted by molar-refractivity contribution is -0.113. The van der Waals surface area contributed by atoms with Gasteiger partial charge in [-0.1, -0.05) is 54.4 Å². The number of carbonyl (C=O) groups is 1. The Bertz CT molecular complexity index is 1260. The van der Waals surface area contributed by atoms with Gasteiger partial charge in [0.05, 0.1) is 25.9 Å². The van der Waals surface area contributed by atoms with Gasteiger partial charge in [-0.25, -0.2) is 0 Å². The monoisotopic (exact) mass is 607 g/mol. The molecule has 176 valence electrons. The van der Waals surface area contributed by atoms with E-state index in [4.69, 9.17) is 32.7 Å². The van der Waals surface area contributed by atoms with Crippen LogP contribution in [-0.2, 0) is 11.4 Å². The molecule has 3 aromatic carbocycles. The van der Waals surface area contributed by atoms with Crippen molar-refractivity contribution in [3.63, 3.8) is 0 Å². The van der Waals surface area contributed by atoms with Crippen LogP contribution in [0, 0.1) is 3.57 Å². The second-order valence-electron chi connectivity index (χ2n) is 7.83. The molecule has 0 aromatic heterocycles. The highest BCUT2D eigenvalue weighted by Gasteiger charge is 2.31. The highest BCUT2D eigenvalue weighted by atomic mass is 127. The van der Waals surface area contributed by atoms with Crippen molar-refractivity contribution in [1.82, 2.24) is 0 Å². The number of ether oxygens (including phenoxy) is 2. The SMILES string of the molecule is CCCN1C(=O)/C(=C\c2cc(I)c(OCc3ccc(Cl)c(Cl)c3)c(OCC)c2)c2ccccc21. The van der Waals surface area contributed by atoms with Gasteiger partial charge in [0.25, 0.3) is 5.91 Å². The zero-order valence-corrected chi connectivity index (χ0v) is 22.6. The lowest BCUT2D eigenvalue weighted by atomic mass is 10.0. The Kier molecular flexibility index (Phi) is 8.06. The van der Waals surface area contributed by atoms with Crippen LogP contribution in [0.1, 0.15) is 37.0 Å². The molecular formula is C27H24Cl2INO3. The molecule has 0 radical (unpaired) electrons. The maximum absolute atomic E-state index is 13.2. The van der Waals surface area contributed by atoms with Gasteiger partial charge in [0.1, 0.15) is 6.61 Å². The van der Waals surface area contributed by atoms with Crippen LogP contribution in [0.2, 0.25) is 10.0 Å². The number of rotatable bonds is 8. The molecule has 4 nitrogen and oxygen atoms in total. The normalized spacial score (nSPS) is 14.0. The summed E-state index contributed by atoms with van der Waals surface area (Å²) in [5, 5.41) is 0.996. The van der Waals surface area contributed by atoms with E-state index in [1.54, 1.807) is 12.1 Å². The molecule has 0 saturated heterocycles. The molecule has 1 amide bonds. The number of hydrogen-bond donors (Lipinski definition) is 0. The Morgan fingerprint density at radius 1 is 1.00 bits per heavy atom. The Morgan fingerprint density at radius 3 is 2.53 bits per heavy atom. The minimum absolute atomic E-state index is 0.0240. The van der Waals surface area contributed by atoms with Gasteiger partial charge in [-0.2, -0.15) is 0 Å². The van der Waals surface area contributed by atoms with Crippen LogP contribution in [0.5, 0.6) is 11.5 Å².